The third-order valence-electron chi connectivity index (χ3n) is 5.04. The summed E-state index contributed by atoms with van der Waals surface area (Å²) in [7, 11) is 1.40. The zero-order valence-electron chi connectivity index (χ0n) is 16.6. The minimum Gasteiger partial charge on any atom is -0.494 e. The first-order chi connectivity index (χ1) is 14.0. The van der Waals surface area contributed by atoms with Gasteiger partial charge >= 0.3 is 0 Å². The molecule has 0 aromatic heterocycles. The molecule has 1 fully saturated rings. The van der Waals surface area contributed by atoms with E-state index in [0.717, 1.165) is 31.2 Å². The maximum atomic E-state index is 13.7. The number of carbonyl (C=O) groups is 2. The summed E-state index contributed by atoms with van der Waals surface area (Å²) in [5, 5.41) is 5.84. The van der Waals surface area contributed by atoms with E-state index >= 15 is 0 Å². The van der Waals surface area contributed by atoms with Gasteiger partial charge in [0.05, 0.1) is 7.11 Å². The van der Waals surface area contributed by atoms with Crippen LogP contribution in [0.5, 0.6) is 5.75 Å². The van der Waals surface area contributed by atoms with Crippen LogP contribution in [0, 0.1) is 12.7 Å². The van der Waals surface area contributed by atoms with Crippen LogP contribution in [0.4, 0.5) is 10.1 Å². The highest BCUT2D eigenvalue weighted by Crippen LogP contribution is 2.21. The Labute approximate surface area is 170 Å². The van der Waals surface area contributed by atoms with Crippen molar-refractivity contribution in [2.75, 3.05) is 12.4 Å². The van der Waals surface area contributed by atoms with Crippen molar-refractivity contribution in [1.82, 2.24) is 5.32 Å². The van der Waals surface area contributed by atoms with Gasteiger partial charge in [-0.05, 0) is 67.3 Å². The second kappa shape index (κ2) is 9.37. The number of rotatable bonds is 6. The lowest BCUT2D eigenvalue weighted by atomic mass is 10.1. The molecule has 1 aliphatic carbocycles. The van der Waals surface area contributed by atoms with Gasteiger partial charge in [-0.3, -0.25) is 9.59 Å². The van der Waals surface area contributed by atoms with Gasteiger partial charge in [-0.2, -0.15) is 0 Å². The van der Waals surface area contributed by atoms with Gasteiger partial charge in [0.15, 0.2) is 11.6 Å². The van der Waals surface area contributed by atoms with E-state index in [4.69, 9.17) is 4.74 Å². The summed E-state index contributed by atoms with van der Waals surface area (Å²) in [5.74, 6) is -0.761. The number of benzene rings is 2. The average molecular weight is 396 g/mol. The second-order valence-electron chi connectivity index (χ2n) is 7.20. The molecule has 0 radical (unpaired) electrons. The number of halogens is 1. The number of hydrogen-bond donors (Lipinski definition) is 2. The van der Waals surface area contributed by atoms with Crippen molar-refractivity contribution in [3.8, 4) is 5.75 Å². The smallest absolute Gasteiger partial charge is 0.251 e. The van der Waals surface area contributed by atoms with Crippen molar-refractivity contribution in [3.63, 3.8) is 0 Å². The number of amides is 2. The summed E-state index contributed by atoms with van der Waals surface area (Å²) in [6.07, 6.45) is 7.24. The summed E-state index contributed by atoms with van der Waals surface area (Å²) in [5.41, 5.74) is 2.55. The van der Waals surface area contributed by atoms with Crippen LogP contribution in [0.25, 0.3) is 6.08 Å². The molecule has 1 aliphatic rings. The van der Waals surface area contributed by atoms with Crippen molar-refractivity contribution in [1.29, 1.82) is 0 Å². The molecule has 2 amide bonds. The number of aryl methyl sites for hydroxylation is 1. The lowest BCUT2D eigenvalue weighted by Crippen LogP contribution is -2.32. The Morgan fingerprint density at radius 1 is 1.14 bits per heavy atom. The molecule has 0 unspecified atom stereocenters. The third kappa shape index (κ3) is 5.44. The molecule has 2 aromatic carbocycles. The lowest BCUT2D eigenvalue weighted by molar-refractivity contribution is -0.111. The van der Waals surface area contributed by atoms with Crippen LogP contribution < -0.4 is 15.4 Å². The van der Waals surface area contributed by atoms with E-state index in [9.17, 15) is 14.0 Å². The Morgan fingerprint density at radius 3 is 2.55 bits per heavy atom. The molecule has 152 valence electrons. The molecule has 5 nitrogen and oxygen atoms in total. The van der Waals surface area contributed by atoms with Gasteiger partial charge in [0.2, 0.25) is 5.91 Å². The molecule has 3 rings (SSSR count). The number of hydrogen-bond acceptors (Lipinski definition) is 3. The minimum absolute atomic E-state index is 0.0840. The molecule has 2 aromatic rings. The van der Waals surface area contributed by atoms with Crippen molar-refractivity contribution < 1.29 is 18.7 Å². The fourth-order valence-electron chi connectivity index (χ4n) is 3.42. The zero-order valence-corrected chi connectivity index (χ0v) is 16.6. The van der Waals surface area contributed by atoms with E-state index in [-0.39, 0.29) is 23.6 Å². The van der Waals surface area contributed by atoms with Gasteiger partial charge in [-0.1, -0.05) is 18.9 Å². The normalized spacial score (nSPS) is 14.2. The van der Waals surface area contributed by atoms with Gasteiger partial charge in [0.25, 0.3) is 5.91 Å². The number of nitrogens with one attached hydrogen (secondary N) is 2. The first kappa shape index (κ1) is 20.6. The quantitative estimate of drug-likeness (QED) is 0.708. The maximum Gasteiger partial charge on any atom is 0.251 e. The SMILES string of the molecule is COc1ccc(C=CC(=O)Nc2ccc(C(=O)NC3CCCC3)cc2C)cc1F. The van der Waals surface area contributed by atoms with E-state index < -0.39 is 5.82 Å². The number of methoxy groups -OCH3 is 1. The highest BCUT2D eigenvalue weighted by atomic mass is 19.1. The van der Waals surface area contributed by atoms with Crippen molar-refractivity contribution in [2.24, 2.45) is 0 Å². The van der Waals surface area contributed by atoms with E-state index in [1.54, 1.807) is 24.3 Å². The monoisotopic (exact) mass is 396 g/mol. The van der Waals surface area contributed by atoms with Crippen molar-refractivity contribution in [3.05, 3.63) is 65.0 Å². The molecule has 0 aliphatic heterocycles. The number of anilines is 1. The fourth-order valence-corrected chi connectivity index (χ4v) is 3.42. The Morgan fingerprint density at radius 2 is 1.90 bits per heavy atom. The number of ether oxygens (including phenoxy) is 1. The van der Waals surface area contributed by atoms with E-state index in [0.29, 0.717) is 16.8 Å². The van der Waals surface area contributed by atoms with Gasteiger partial charge in [-0.25, -0.2) is 4.39 Å². The maximum absolute atomic E-state index is 13.7. The van der Waals surface area contributed by atoms with Crippen LogP contribution in [0.15, 0.2) is 42.5 Å². The molecule has 0 saturated heterocycles. The highest BCUT2D eigenvalue weighted by Gasteiger charge is 2.18. The van der Waals surface area contributed by atoms with Crippen LogP contribution in [0.3, 0.4) is 0 Å². The highest BCUT2D eigenvalue weighted by molar-refractivity contribution is 6.03. The summed E-state index contributed by atoms with van der Waals surface area (Å²) < 4.78 is 18.6. The predicted octanol–water partition coefficient (Wildman–Crippen LogP) is 4.47. The molecular formula is C23H25FN2O3. The third-order valence-corrected chi connectivity index (χ3v) is 5.04. The molecule has 0 spiro atoms. The molecule has 0 atom stereocenters. The molecule has 1 saturated carbocycles. The second-order valence-corrected chi connectivity index (χ2v) is 7.20. The van der Waals surface area contributed by atoms with Crippen LogP contribution in [0.2, 0.25) is 0 Å². The predicted molar refractivity (Wildman–Crippen MR) is 112 cm³/mol. The molecule has 6 heteroatoms. The number of carbonyl (C=O) groups excluding carboxylic acids is 2. The minimum atomic E-state index is -0.489. The van der Waals surface area contributed by atoms with Gasteiger partial charge in [0.1, 0.15) is 0 Å². The summed E-state index contributed by atoms with van der Waals surface area (Å²) in [4.78, 5) is 24.6. The first-order valence-corrected chi connectivity index (χ1v) is 9.70. The topological polar surface area (TPSA) is 67.4 Å². The largest absolute Gasteiger partial charge is 0.494 e. The Hall–Kier alpha value is -3.15. The standard InChI is InChI=1S/C23H25FN2O3/c1-15-13-17(23(28)25-18-5-3-4-6-18)9-10-20(15)26-22(27)12-8-16-7-11-21(29-2)19(24)14-16/h7-14,18H,3-6H2,1-2H3,(H,25,28)(H,26,27). The molecule has 29 heavy (non-hydrogen) atoms. The molecule has 0 heterocycles. The van der Waals surface area contributed by atoms with Gasteiger partial charge in [0, 0.05) is 23.4 Å². The Bertz CT molecular complexity index is 934. The average Bonchev–Trinajstić information content (AvgIpc) is 3.21. The summed E-state index contributed by atoms with van der Waals surface area (Å²) >= 11 is 0. The Balaban J connectivity index is 1.61. The zero-order chi connectivity index (χ0) is 20.8. The molecule has 0 bridgehead atoms. The van der Waals surface area contributed by atoms with Crippen LogP contribution in [-0.4, -0.2) is 25.0 Å². The van der Waals surface area contributed by atoms with Crippen LogP contribution in [0.1, 0.15) is 47.2 Å². The van der Waals surface area contributed by atoms with Crippen molar-refractivity contribution in [2.45, 2.75) is 38.6 Å². The fraction of sp³-hybridized carbons (Fsp3) is 0.304. The first-order valence-electron chi connectivity index (χ1n) is 9.70. The van der Waals surface area contributed by atoms with Crippen LogP contribution >= 0.6 is 0 Å². The Kier molecular flexibility index (Phi) is 6.65. The van der Waals surface area contributed by atoms with Gasteiger partial charge < -0.3 is 15.4 Å². The van der Waals surface area contributed by atoms with Gasteiger partial charge in [-0.15, -0.1) is 0 Å². The molecular weight excluding hydrogens is 371 g/mol. The lowest BCUT2D eigenvalue weighted by Gasteiger charge is -2.13. The van der Waals surface area contributed by atoms with E-state index in [1.165, 1.54) is 31.4 Å². The van der Waals surface area contributed by atoms with Crippen molar-refractivity contribution >= 4 is 23.6 Å². The van der Waals surface area contributed by atoms with E-state index in [1.807, 2.05) is 6.92 Å². The van der Waals surface area contributed by atoms with Crippen LogP contribution in [-0.2, 0) is 4.79 Å². The summed E-state index contributed by atoms with van der Waals surface area (Å²) in [6, 6.07) is 9.91. The molecule has 2 N–H and O–H groups in total. The summed E-state index contributed by atoms with van der Waals surface area (Å²) in [6.45, 7) is 1.84. The van der Waals surface area contributed by atoms with E-state index in [2.05, 4.69) is 10.6 Å².